The van der Waals surface area contributed by atoms with Crippen LogP contribution in [0.2, 0.25) is 0 Å². The molecule has 1 fully saturated rings. The highest BCUT2D eigenvalue weighted by atomic mass is 35.5. The van der Waals surface area contributed by atoms with Gasteiger partial charge in [-0.1, -0.05) is 12.1 Å². The first kappa shape index (κ1) is 16.3. The summed E-state index contributed by atoms with van der Waals surface area (Å²) in [5, 5.41) is 0. The van der Waals surface area contributed by atoms with E-state index < -0.39 is 0 Å². The normalized spacial score (nSPS) is 20.9. The van der Waals surface area contributed by atoms with E-state index in [-0.39, 0.29) is 12.4 Å². The molecule has 2 rings (SSSR count). The minimum Gasteiger partial charge on any atom is -0.494 e. The first-order valence-electron chi connectivity index (χ1n) is 6.88. The molecule has 0 aliphatic carbocycles. The van der Waals surface area contributed by atoms with Gasteiger partial charge < -0.3 is 10.5 Å². The Morgan fingerprint density at radius 3 is 2.89 bits per heavy atom. The van der Waals surface area contributed by atoms with E-state index in [1.807, 2.05) is 13.0 Å². The minimum absolute atomic E-state index is 0. The van der Waals surface area contributed by atoms with Crippen molar-refractivity contribution in [2.45, 2.75) is 32.9 Å². The van der Waals surface area contributed by atoms with Crippen molar-refractivity contribution in [3.63, 3.8) is 0 Å². The van der Waals surface area contributed by atoms with E-state index in [9.17, 15) is 0 Å². The zero-order valence-corrected chi connectivity index (χ0v) is 12.7. The van der Waals surface area contributed by atoms with Crippen molar-refractivity contribution in [3.8, 4) is 5.75 Å². The van der Waals surface area contributed by atoms with Gasteiger partial charge in [0.2, 0.25) is 0 Å². The zero-order valence-electron chi connectivity index (χ0n) is 11.8. The van der Waals surface area contributed by atoms with Crippen molar-refractivity contribution < 1.29 is 4.74 Å². The van der Waals surface area contributed by atoms with Gasteiger partial charge in [-0.25, -0.2) is 0 Å². The third kappa shape index (κ3) is 4.68. The van der Waals surface area contributed by atoms with Crippen LogP contribution in [0.1, 0.15) is 25.8 Å². The van der Waals surface area contributed by atoms with Crippen LogP contribution >= 0.6 is 12.4 Å². The lowest BCUT2D eigenvalue weighted by Crippen LogP contribution is -2.29. The largest absolute Gasteiger partial charge is 0.494 e. The monoisotopic (exact) mass is 284 g/mol. The number of nitrogens with two attached hydrogens (primary N) is 1. The number of halogens is 1. The van der Waals surface area contributed by atoms with E-state index in [1.165, 1.54) is 12.0 Å². The Kier molecular flexibility index (Phi) is 6.63. The summed E-state index contributed by atoms with van der Waals surface area (Å²) >= 11 is 0. The molecule has 0 bridgehead atoms. The fourth-order valence-electron chi connectivity index (χ4n) is 2.59. The molecule has 1 heterocycles. The summed E-state index contributed by atoms with van der Waals surface area (Å²) in [6, 6.07) is 8.70. The summed E-state index contributed by atoms with van der Waals surface area (Å²) in [5.74, 6) is 1.62. The molecule has 4 heteroatoms. The topological polar surface area (TPSA) is 38.5 Å². The molecule has 0 amide bonds. The Hall–Kier alpha value is -0.770. The van der Waals surface area contributed by atoms with Crippen LogP contribution in [0.15, 0.2) is 24.3 Å². The number of rotatable bonds is 5. The number of benzene rings is 1. The third-order valence-corrected chi connectivity index (χ3v) is 3.67. The lowest BCUT2D eigenvalue weighted by atomic mass is 10.0. The molecule has 0 spiro atoms. The molecular weight excluding hydrogens is 260 g/mol. The Morgan fingerprint density at radius 1 is 1.47 bits per heavy atom. The van der Waals surface area contributed by atoms with Gasteiger partial charge >= 0.3 is 0 Å². The molecular formula is C15H25ClN2O. The van der Waals surface area contributed by atoms with Crippen LogP contribution in [0.5, 0.6) is 5.75 Å². The highest BCUT2D eigenvalue weighted by Gasteiger charge is 2.24. The number of nitrogens with zero attached hydrogens (tertiary/aromatic N) is 1. The van der Waals surface area contributed by atoms with E-state index in [2.05, 4.69) is 30.0 Å². The molecule has 1 saturated heterocycles. The molecule has 3 nitrogen and oxygen atoms in total. The second-order valence-corrected chi connectivity index (χ2v) is 5.22. The maximum absolute atomic E-state index is 5.97. The first-order valence-corrected chi connectivity index (χ1v) is 6.88. The average molecular weight is 285 g/mol. The first-order chi connectivity index (χ1) is 8.69. The predicted molar refractivity (Wildman–Crippen MR) is 81.9 cm³/mol. The highest BCUT2D eigenvalue weighted by molar-refractivity contribution is 5.85. The van der Waals surface area contributed by atoms with E-state index in [1.54, 1.807) is 0 Å². The van der Waals surface area contributed by atoms with E-state index in [4.69, 9.17) is 10.5 Å². The van der Waals surface area contributed by atoms with Gasteiger partial charge in [0.1, 0.15) is 5.75 Å². The van der Waals surface area contributed by atoms with E-state index in [0.29, 0.717) is 12.0 Å². The van der Waals surface area contributed by atoms with Crippen LogP contribution in [-0.4, -0.2) is 30.6 Å². The molecule has 0 saturated carbocycles. The summed E-state index contributed by atoms with van der Waals surface area (Å²) in [7, 11) is 0. The maximum Gasteiger partial charge on any atom is 0.119 e. The van der Waals surface area contributed by atoms with Crippen molar-refractivity contribution in [1.82, 2.24) is 4.90 Å². The number of hydrogen-bond acceptors (Lipinski definition) is 3. The second kappa shape index (κ2) is 7.73. The van der Waals surface area contributed by atoms with Gasteiger partial charge in [-0.05, 0) is 50.4 Å². The number of likely N-dealkylation sites (tertiary alicyclic amines) is 1. The van der Waals surface area contributed by atoms with Crippen LogP contribution in [0, 0.1) is 5.92 Å². The number of ether oxygens (including phenoxy) is 1. The average Bonchev–Trinajstić information content (AvgIpc) is 2.78. The standard InChI is InChI=1S/C15H24N2O.ClH/c1-3-18-15-6-4-5-13(9-15)10-17-8-7-14(11-17)12(2)16;/h4-6,9,12,14H,3,7-8,10-11,16H2,1-2H3;1H. The SMILES string of the molecule is CCOc1cccc(CN2CCC(C(C)N)C2)c1.Cl. The van der Waals surface area contributed by atoms with Gasteiger partial charge in [-0.3, -0.25) is 4.90 Å². The molecule has 19 heavy (non-hydrogen) atoms. The molecule has 2 N–H and O–H groups in total. The molecule has 2 unspecified atom stereocenters. The molecule has 0 aromatic heterocycles. The molecule has 108 valence electrons. The molecule has 0 radical (unpaired) electrons. The summed E-state index contributed by atoms with van der Waals surface area (Å²) in [5.41, 5.74) is 7.30. The van der Waals surface area contributed by atoms with Crippen LogP contribution < -0.4 is 10.5 Å². The molecule has 2 atom stereocenters. The van der Waals surface area contributed by atoms with Crippen molar-refractivity contribution in [3.05, 3.63) is 29.8 Å². The Bertz CT molecular complexity index is 384. The summed E-state index contributed by atoms with van der Waals surface area (Å²) < 4.78 is 5.53. The Morgan fingerprint density at radius 2 is 2.26 bits per heavy atom. The summed E-state index contributed by atoms with van der Waals surface area (Å²) in [6.45, 7) is 8.13. The van der Waals surface area contributed by atoms with E-state index in [0.717, 1.165) is 32.0 Å². The quantitative estimate of drug-likeness (QED) is 0.903. The van der Waals surface area contributed by atoms with Crippen LogP contribution in [0.4, 0.5) is 0 Å². The van der Waals surface area contributed by atoms with Crippen LogP contribution in [0.25, 0.3) is 0 Å². The number of hydrogen-bond donors (Lipinski definition) is 1. The molecule has 1 aromatic rings. The van der Waals surface area contributed by atoms with Crippen molar-refractivity contribution >= 4 is 12.4 Å². The molecule has 1 aromatic carbocycles. The minimum atomic E-state index is 0. The maximum atomic E-state index is 5.97. The van der Waals surface area contributed by atoms with Gasteiger partial charge in [0, 0.05) is 19.1 Å². The molecule has 1 aliphatic heterocycles. The van der Waals surface area contributed by atoms with Crippen molar-refractivity contribution in [1.29, 1.82) is 0 Å². The fourth-order valence-corrected chi connectivity index (χ4v) is 2.59. The fraction of sp³-hybridized carbons (Fsp3) is 0.600. The summed E-state index contributed by atoms with van der Waals surface area (Å²) in [6.07, 6.45) is 1.23. The van der Waals surface area contributed by atoms with Gasteiger partial charge in [-0.15, -0.1) is 12.4 Å². The molecule has 1 aliphatic rings. The summed E-state index contributed by atoms with van der Waals surface area (Å²) in [4.78, 5) is 2.49. The second-order valence-electron chi connectivity index (χ2n) is 5.22. The van der Waals surface area contributed by atoms with Crippen LogP contribution in [0.3, 0.4) is 0 Å². The van der Waals surface area contributed by atoms with Gasteiger partial charge in [0.25, 0.3) is 0 Å². The van der Waals surface area contributed by atoms with Gasteiger partial charge in [0.15, 0.2) is 0 Å². The lowest BCUT2D eigenvalue weighted by molar-refractivity contribution is 0.306. The lowest BCUT2D eigenvalue weighted by Gasteiger charge is -2.18. The zero-order chi connectivity index (χ0) is 13.0. The van der Waals surface area contributed by atoms with E-state index >= 15 is 0 Å². The van der Waals surface area contributed by atoms with Crippen LogP contribution in [-0.2, 0) is 6.54 Å². The van der Waals surface area contributed by atoms with Crippen molar-refractivity contribution in [2.24, 2.45) is 11.7 Å². The van der Waals surface area contributed by atoms with Gasteiger partial charge in [-0.2, -0.15) is 0 Å². The Balaban J connectivity index is 0.00000180. The Labute approximate surface area is 122 Å². The van der Waals surface area contributed by atoms with Gasteiger partial charge in [0.05, 0.1) is 6.61 Å². The van der Waals surface area contributed by atoms with Crippen molar-refractivity contribution in [2.75, 3.05) is 19.7 Å². The highest BCUT2D eigenvalue weighted by Crippen LogP contribution is 2.22. The smallest absolute Gasteiger partial charge is 0.119 e. The predicted octanol–water partition coefficient (Wildman–Crippen LogP) is 2.68. The third-order valence-electron chi connectivity index (χ3n) is 3.67.